The second-order valence-corrected chi connectivity index (χ2v) is 4.33. The fraction of sp³-hybridized carbons (Fsp3) is 0.667. The maximum Gasteiger partial charge on any atom is 0.130 e. The summed E-state index contributed by atoms with van der Waals surface area (Å²) in [6.07, 6.45) is 0.940. The lowest BCUT2D eigenvalue weighted by atomic mass is 10.1. The minimum absolute atomic E-state index is 0.0299. The Morgan fingerprint density at radius 3 is 2.54 bits per heavy atom. The van der Waals surface area contributed by atoms with Crippen molar-refractivity contribution in [1.29, 1.82) is 0 Å². The molecule has 0 aliphatic rings. The van der Waals surface area contributed by atoms with Crippen molar-refractivity contribution in [2.24, 2.45) is 13.0 Å². The number of imidazole rings is 1. The molecule has 1 rings (SSSR count). The summed E-state index contributed by atoms with van der Waals surface area (Å²) in [5.41, 5.74) is 0.843. The van der Waals surface area contributed by atoms with Crippen LogP contribution < -0.4 is 0 Å². The minimum Gasteiger partial charge on any atom is -0.390 e. The van der Waals surface area contributed by atoms with Crippen molar-refractivity contribution in [3.05, 3.63) is 16.1 Å². The van der Waals surface area contributed by atoms with Crippen molar-refractivity contribution in [2.75, 3.05) is 0 Å². The SMILES string of the molecule is CC(C)Cc1nc(Br)c(CO)n1C. The third kappa shape index (κ3) is 2.31. The zero-order chi connectivity index (χ0) is 10.0. The van der Waals surface area contributed by atoms with Gasteiger partial charge in [-0.3, -0.25) is 0 Å². The van der Waals surface area contributed by atoms with Gasteiger partial charge in [0.2, 0.25) is 0 Å². The van der Waals surface area contributed by atoms with Gasteiger partial charge < -0.3 is 9.67 Å². The quantitative estimate of drug-likeness (QED) is 0.885. The van der Waals surface area contributed by atoms with E-state index in [1.54, 1.807) is 0 Å². The van der Waals surface area contributed by atoms with E-state index in [9.17, 15) is 0 Å². The van der Waals surface area contributed by atoms with Crippen LogP contribution in [0.1, 0.15) is 25.4 Å². The minimum atomic E-state index is 0.0299. The first kappa shape index (κ1) is 10.7. The first-order valence-electron chi connectivity index (χ1n) is 4.37. The molecule has 0 aliphatic heterocycles. The second kappa shape index (κ2) is 4.24. The summed E-state index contributed by atoms with van der Waals surface area (Å²) in [4.78, 5) is 4.34. The molecule has 1 aromatic rings. The van der Waals surface area contributed by atoms with Gasteiger partial charge in [-0.25, -0.2) is 4.98 Å². The first-order chi connectivity index (χ1) is 6.06. The molecule has 0 saturated carbocycles. The van der Waals surface area contributed by atoms with E-state index in [0.717, 1.165) is 22.5 Å². The zero-order valence-corrected chi connectivity index (χ0v) is 9.80. The van der Waals surface area contributed by atoms with E-state index < -0.39 is 0 Å². The van der Waals surface area contributed by atoms with Gasteiger partial charge in [-0.2, -0.15) is 0 Å². The van der Waals surface area contributed by atoms with Crippen molar-refractivity contribution >= 4 is 15.9 Å². The molecule has 1 aromatic heterocycles. The molecule has 3 nitrogen and oxygen atoms in total. The molecule has 0 radical (unpaired) electrons. The molecule has 0 fully saturated rings. The van der Waals surface area contributed by atoms with E-state index in [2.05, 4.69) is 34.8 Å². The van der Waals surface area contributed by atoms with Crippen molar-refractivity contribution in [1.82, 2.24) is 9.55 Å². The second-order valence-electron chi connectivity index (χ2n) is 3.58. The summed E-state index contributed by atoms with van der Waals surface area (Å²) in [5.74, 6) is 1.60. The number of rotatable bonds is 3. The van der Waals surface area contributed by atoms with Gasteiger partial charge >= 0.3 is 0 Å². The van der Waals surface area contributed by atoms with E-state index in [-0.39, 0.29) is 6.61 Å². The molecule has 74 valence electrons. The van der Waals surface area contributed by atoms with Gasteiger partial charge in [-0.15, -0.1) is 0 Å². The zero-order valence-electron chi connectivity index (χ0n) is 8.21. The molecule has 0 atom stereocenters. The molecule has 0 aromatic carbocycles. The van der Waals surface area contributed by atoms with Crippen LogP contribution in [-0.4, -0.2) is 14.7 Å². The van der Waals surface area contributed by atoms with Crippen molar-refractivity contribution < 1.29 is 5.11 Å². The summed E-state index contributed by atoms with van der Waals surface area (Å²) in [5, 5.41) is 9.06. The van der Waals surface area contributed by atoms with Gasteiger partial charge in [0.15, 0.2) is 0 Å². The third-order valence-electron chi connectivity index (χ3n) is 2.00. The maximum absolute atomic E-state index is 9.06. The van der Waals surface area contributed by atoms with Crippen LogP contribution in [0.5, 0.6) is 0 Å². The Morgan fingerprint density at radius 1 is 1.54 bits per heavy atom. The normalized spacial score (nSPS) is 11.2. The van der Waals surface area contributed by atoms with Gasteiger partial charge in [0.1, 0.15) is 10.4 Å². The van der Waals surface area contributed by atoms with Gasteiger partial charge in [0.25, 0.3) is 0 Å². The molecule has 0 amide bonds. The largest absolute Gasteiger partial charge is 0.390 e. The third-order valence-corrected chi connectivity index (χ3v) is 2.63. The summed E-state index contributed by atoms with van der Waals surface area (Å²) < 4.78 is 2.71. The first-order valence-corrected chi connectivity index (χ1v) is 5.16. The maximum atomic E-state index is 9.06. The lowest BCUT2D eigenvalue weighted by Crippen LogP contribution is -2.05. The number of halogens is 1. The monoisotopic (exact) mass is 246 g/mol. The van der Waals surface area contributed by atoms with Crippen LogP contribution in [0.15, 0.2) is 4.60 Å². The Bertz CT molecular complexity index is 294. The molecule has 0 bridgehead atoms. The van der Waals surface area contributed by atoms with Crippen LogP contribution in [0.4, 0.5) is 0 Å². The van der Waals surface area contributed by atoms with Crippen LogP contribution in [0.25, 0.3) is 0 Å². The predicted octanol–water partition coefficient (Wildman–Crippen LogP) is 1.87. The number of aromatic nitrogens is 2. The molecule has 1 N–H and O–H groups in total. The smallest absolute Gasteiger partial charge is 0.130 e. The molecule has 0 unspecified atom stereocenters. The summed E-state index contributed by atoms with van der Waals surface area (Å²) in [6.45, 7) is 4.34. The highest BCUT2D eigenvalue weighted by Crippen LogP contribution is 2.18. The van der Waals surface area contributed by atoms with Gasteiger partial charge in [-0.05, 0) is 21.8 Å². The fourth-order valence-corrected chi connectivity index (χ4v) is 1.86. The number of nitrogens with zero attached hydrogens (tertiary/aromatic N) is 2. The topological polar surface area (TPSA) is 38.1 Å². The van der Waals surface area contributed by atoms with E-state index in [0.29, 0.717) is 5.92 Å². The summed E-state index contributed by atoms with van der Waals surface area (Å²) in [6, 6.07) is 0. The van der Waals surface area contributed by atoms with E-state index in [1.165, 1.54) is 0 Å². The molecule has 0 spiro atoms. The summed E-state index contributed by atoms with van der Waals surface area (Å²) in [7, 11) is 1.93. The molecule has 0 aliphatic carbocycles. The standard InChI is InChI=1S/C9H15BrN2O/c1-6(2)4-8-11-9(10)7(5-13)12(8)3/h6,13H,4-5H2,1-3H3. The summed E-state index contributed by atoms with van der Waals surface area (Å²) >= 11 is 3.33. The van der Waals surface area contributed by atoms with Crippen LogP contribution >= 0.6 is 15.9 Å². The van der Waals surface area contributed by atoms with Crippen molar-refractivity contribution in [3.63, 3.8) is 0 Å². The number of aliphatic hydroxyl groups excluding tert-OH is 1. The Kier molecular flexibility index (Phi) is 3.50. The van der Waals surface area contributed by atoms with Crippen LogP contribution in [0.3, 0.4) is 0 Å². The molecule has 1 heterocycles. The van der Waals surface area contributed by atoms with Crippen LogP contribution in [-0.2, 0) is 20.1 Å². The highest BCUT2D eigenvalue weighted by molar-refractivity contribution is 9.10. The van der Waals surface area contributed by atoms with Crippen molar-refractivity contribution in [3.8, 4) is 0 Å². The molecular weight excluding hydrogens is 232 g/mol. The van der Waals surface area contributed by atoms with E-state index in [4.69, 9.17) is 5.11 Å². The van der Waals surface area contributed by atoms with Crippen LogP contribution in [0, 0.1) is 5.92 Å². The highest BCUT2D eigenvalue weighted by Gasteiger charge is 2.12. The van der Waals surface area contributed by atoms with Gasteiger partial charge in [-0.1, -0.05) is 13.8 Å². The predicted molar refractivity (Wildman–Crippen MR) is 55.4 cm³/mol. The van der Waals surface area contributed by atoms with E-state index >= 15 is 0 Å². The Labute approximate surface area is 86.9 Å². The number of hydrogen-bond acceptors (Lipinski definition) is 2. The number of aliphatic hydroxyl groups is 1. The van der Waals surface area contributed by atoms with E-state index in [1.807, 2.05) is 11.6 Å². The molecular formula is C9H15BrN2O. The Balaban J connectivity index is 2.96. The Hall–Kier alpha value is -0.350. The van der Waals surface area contributed by atoms with Gasteiger partial charge in [0.05, 0.1) is 12.3 Å². The van der Waals surface area contributed by atoms with Crippen LogP contribution in [0.2, 0.25) is 0 Å². The number of hydrogen-bond donors (Lipinski definition) is 1. The average molecular weight is 247 g/mol. The highest BCUT2D eigenvalue weighted by atomic mass is 79.9. The molecule has 0 saturated heterocycles. The lowest BCUT2D eigenvalue weighted by Gasteiger charge is -2.05. The van der Waals surface area contributed by atoms with Gasteiger partial charge in [0, 0.05) is 13.5 Å². The average Bonchev–Trinajstić information content (AvgIpc) is 2.26. The Morgan fingerprint density at radius 2 is 2.15 bits per heavy atom. The molecule has 13 heavy (non-hydrogen) atoms. The molecule has 4 heteroatoms. The fourth-order valence-electron chi connectivity index (χ4n) is 1.27. The lowest BCUT2D eigenvalue weighted by molar-refractivity contribution is 0.271. The van der Waals surface area contributed by atoms with Crippen molar-refractivity contribution in [2.45, 2.75) is 26.9 Å².